The Labute approximate surface area is 171 Å². The van der Waals surface area contributed by atoms with Gasteiger partial charge in [-0.25, -0.2) is 4.39 Å². The van der Waals surface area contributed by atoms with Crippen molar-refractivity contribution in [2.75, 3.05) is 20.1 Å². The predicted molar refractivity (Wildman–Crippen MR) is 112 cm³/mol. The van der Waals surface area contributed by atoms with Crippen LogP contribution in [0.25, 0.3) is 0 Å². The summed E-state index contributed by atoms with van der Waals surface area (Å²) in [6, 6.07) is 6.49. The van der Waals surface area contributed by atoms with Crippen LogP contribution in [-0.2, 0) is 4.79 Å². The zero-order valence-electron chi connectivity index (χ0n) is 15.3. The smallest absolute Gasteiger partial charge is 0.220 e. The first-order valence-corrected chi connectivity index (χ1v) is 8.73. The van der Waals surface area contributed by atoms with Crippen LogP contribution in [0.5, 0.6) is 5.75 Å². The molecule has 3 N–H and O–H groups in total. The van der Waals surface area contributed by atoms with E-state index in [0.29, 0.717) is 37.3 Å². The number of nitrogens with one attached hydrogen (secondary N) is 3. The second-order valence-corrected chi connectivity index (χ2v) is 6.21. The maximum absolute atomic E-state index is 13.1. The molecule has 1 fully saturated rings. The number of carbonyl (C=O) groups is 1. The minimum absolute atomic E-state index is 0. The molecule has 146 valence electrons. The number of hydrogen-bond acceptors (Lipinski definition) is 3. The van der Waals surface area contributed by atoms with Crippen molar-refractivity contribution in [2.24, 2.45) is 4.99 Å². The van der Waals surface area contributed by atoms with Gasteiger partial charge in [0.05, 0.1) is 6.54 Å². The first-order valence-electron chi connectivity index (χ1n) is 8.73. The largest absolute Gasteiger partial charge is 0.489 e. The van der Waals surface area contributed by atoms with Crippen LogP contribution in [0.1, 0.15) is 32.6 Å². The SMILES string of the molecule is CN=C(NCCCC(=O)NC1CC1)NCC(C)Oc1cccc(F)c1.I. The van der Waals surface area contributed by atoms with Crippen LogP contribution in [0.15, 0.2) is 29.3 Å². The quantitative estimate of drug-likeness (QED) is 0.221. The molecule has 0 radical (unpaired) electrons. The van der Waals surface area contributed by atoms with E-state index in [4.69, 9.17) is 4.74 Å². The standard InChI is InChI=1S/C18H27FN4O2.HI/c1-13(25-16-6-3-5-14(19)11-16)12-22-18(20-2)21-10-4-7-17(24)23-15-8-9-15;/h3,5-6,11,13,15H,4,7-10,12H2,1-2H3,(H,23,24)(H2,20,21,22);1H. The van der Waals surface area contributed by atoms with Gasteiger partial charge in [-0.3, -0.25) is 9.79 Å². The number of amides is 1. The van der Waals surface area contributed by atoms with Crippen molar-refractivity contribution in [2.45, 2.75) is 44.8 Å². The third-order valence-corrected chi connectivity index (χ3v) is 3.73. The van der Waals surface area contributed by atoms with Crippen molar-refractivity contribution in [3.8, 4) is 5.75 Å². The highest BCUT2D eigenvalue weighted by Gasteiger charge is 2.22. The van der Waals surface area contributed by atoms with E-state index in [2.05, 4.69) is 20.9 Å². The highest BCUT2D eigenvalue weighted by Crippen LogP contribution is 2.18. The fourth-order valence-electron chi connectivity index (χ4n) is 2.26. The average molecular weight is 478 g/mol. The van der Waals surface area contributed by atoms with E-state index < -0.39 is 0 Å². The number of nitrogens with zero attached hydrogens (tertiary/aromatic N) is 1. The average Bonchev–Trinajstić information content (AvgIpc) is 3.38. The molecule has 26 heavy (non-hydrogen) atoms. The zero-order chi connectivity index (χ0) is 18.1. The number of hydrogen-bond donors (Lipinski definition) is 3. The summed E-state index contributed by atoms with van der Waals surface area (Å²) in [6.07, 6.45) is 3.32. The molecule has 0 bridgehead atoms. The van der Waals surface area contributed by atoms with Gasteiger partial charge in [-0.15, -0.1) is 24.0 Å². The number of aliphatic imine (C=N–C) groups is 1. The lowest BCUT2D eigenvalue weighted by Crippen LogP contribution is -2.42. The monoisotopic (exact) mass is 478 g/mol. The second-order valence-electron chi connectivity index (χ2n) is 6.21. The van der Waals surface area contributed by atoms with Crippen molar-refractivity contribution in [3.05, 3.63) is 30.1 Å². The van der Waals surface area contributed by atoms with Crippen molar-refractivity contribution in [3.63, 3.8) is 0 Å². The lowest BCUT2D eigenvalue weighted by atomic mass is 10.3. The van der Waals surface area contributed by atoms with Gasteiger partial charge in [0.15, 0.2) is 5.96 Å². The van der Waals surface area contributed by atoms with Gasteiger partial charge < -0.3 is 20.7 Å². The summed E-state index contributed by atoms with van der Waals surface area (Å²) in [6.45, 7) is 3.09. The maximum Gasteiger partial charge on any atom is 0.220 e. The molecule has 0 aromatic heterocycles. The van der Waals surface area contributed by atoms with Gasteiger partial charge in [0.2, 0.25) is 5.91 Å². The Hall–Kier alpha value is -1.58. The molecule has 1 aliphatic carbocycles. The van der Waals surface area contributed by atoms with Crippen LogP contribution in [0.2, 0.25) is 0 Å². The molecule has 2 rings (SSSR count). The summed E-state index contributed by atoms with van der Waals surface area (Å²) >= 11 is 0. The molecule has 6 nitrogen and oxygen atoms in total. The molecule has 1 unspecified atom stereocenters. The van der Waals surface area contributed by atoms with Crippen molar-refractivity contribution < 1.29 is 13.9 Å². The molecule has 0 heterocycles. The van der Waals surface area contributed by atoms with Gasteiger partial charge in [0.25, 0.3) is 0 Å². The molecule has 0 saturated heterocycles. The van der Waals surface area contributed by atoms with Gasteiger partial charge >= 0.3 is 0 Å². The molecule has 1 atom stereocenters. The van der Waals surface area contributed by atoms with Crippen molar-refractivity contribution >= 4 is 35.8 Å². The van der Waals surface area contributed by atoms with Crippen LogP contribution in [0, 0.1) is 5.82 Å². The predicted octanol–water partition coefficient (Wildman–Crippen LogP) is 2.43. The Balaban J connectivity index is 0.00000338. The van der Waals surface area contributed by atoms with Crippen LogP contribution < -0.4 is 20.7 Å². The summed E-state index contributed by atoms with van der Waals surface area (Å²) in [4.78, 5) is 15.7. The maximum atomic E-state index is 13.1. The fraction of sp³-hybridized carbons (Fsp3) is 0.556. The molecule has 1 aliphatic rings. The molecule has 0 aliphatic heterocycles. The minimum atomic E-state index is -0.319. The van der Waals surface area contributed by atoms with Gasteiger partial charge in [0.1, 0.15) is 17.7 Å². The molecule has 1 saturated carbocycles. The Morgan fingerprint density at radius 1 is 1.38 bits per heavy atom. The van der Waals surface area contributed by atoms with Gasteiger partial charge in [-0.05, 0) is 38.3 Å². The van der Waals surface area contributed by atoms with Crippen LogP contribution in [0.4, 0.5) is 4.39 Å². The second kappa shape index (κ2) is 11.9. The molecular formula is C18H28FIN4O2. The normalized spacial score (nSPS) is 14.8. The molecule has 1 aromatic carbocycles. The van der Waals surface area contributed by atoms with Gasteiger partial charge in [-0.1, -0.05) is 6.07 Å². The summed E-state index contributed by atoms with van der Waals surface area (Å²) < 4.78 is 18.8. The van der Waals surface area contributed by atoms with E-state index in [9.17, 15) is 9.18 Å². The lowest BCUT2D eigenvalue weighted by Gasteiger charge is -2.17. The van der Waals surface area contributed by atoms with E-state index >= 15 is 0 Å². The highest BCUT2D eigenvalue weighted by atomic mass is 127. The number of rotatable bonds is 9. The first-order chi connectivity index (χ1) is 12.1. The third-order valence-electron chi connectivity index (χ3n) is 3.73. The summed E-state index contributed by atoms with van der Waals surface area (Å²) in [5.74, 6) is 0.946. The van der Waals surface area contributed by atoms with E-state index in [-0.39, 0.29) is 41.8 Å². The molecule has 0 spiro atoms. The summed E-state index contributed by atoms with van der Waals surface area (Å²) in [5, 5.41) is 9.29. The number of benzene rings is 1. The number of guanidine groups is 1. The van der Waals surface area contributed by atoms with Gasteiger partial charge in [-0.2, -0.15) is 0 Å². The van der Waals surface area contributed by atoms with E-state index in [1.54, 1.807) is 19.2 Å². The number of ether oxygens (including phenoxy) is 1. The summed E-state index contributed by atoms with van der Waals surface area (Å²) in [5.41, 5.74) is 0. The summed E-state index contributed by atoms with van der Waals surface area (Å²) in [7, 11) is 1.69. The third kappa shape index (κ3) is 9.21. The number of halogens is 2. The highest BCUT2D eigenvalue weighted by molar-refractivity contribution is 14.0. The first kappa shape index (κ1) is 22.5. The zero-order valence-corrected chi connectivity index (χ0v) is 17.6. The molecule has 1 aromatic rings. The van der Waals surface area contributed by atoms with Crippen LogP contribution in [-0.4, -0.2) is 44.1 Å². The Morgan fingerprint density at radius 2 is 2.15 bits per heavy atom. The van der Waals surface area contributed by atoms with E-state index in [0.717, 1.165) is 19.3 Å². The molecular weight excluding hydrogens is 450 g/mol. The lowest BCUT2D eigenvalue weighted by molar-refractivity contribution is -0.121. The fourth-order valence-corrected chi connectivity index (χ4v) is 2.26. The van der Waals surface area contributed by atoms with Crippen molar-refractivity contribution in [1.29, 1.82) is 0 Å². The van der Waals surface area contributed by atoms with E-state index in [1.807, 2.05) is 6.92 Å². The van der Waals surface area contributed by atoms with Gasteiger partial charge in [0, 0.05) is 32.1 Å². The minimum Gasteiger partial charge on any atom is -0.489 e. The Kier molecular flexibility index (Phi) is 10.3. The Bertz CT molecular complexity index is 596. The topological polar surface area (TPSA) is 74.8 Å². The number of carbonyl (C=O) groups excluding carboxylic acids is 1. The Morgan fingerprint density at radius 3 is 2.81 bits per heavy atom. The van der Waals surface area contributed by atoms with Crippen LogP contribution in [0.3, 0.4) is 0 Å². The molecule has 1 amide bonds. The van der Waals surface area contributed by atoms with Crippen molar-refractivity contribution in [1.82, 2.24) is 16.0 Å². The van der Waals surface area contributed by atoms with Crippen LogP contribution >= 0.6 is 24.0 Å². The molecule has 8 heteroatoms. The van der Waals surface area contributed by atoms with E-state index in [1.165, 1.54) is 12.1 Å².